The van der Waals surface area contributed by atoms with E-state index >= 15 is 0 Å². The molecule has 0 atom stereocenters. The first kappa shape index (κ1) is 20.8. The smallest absolute Gasteiger partial charge is 0.240 e. The Hall–Kier alpha value is -2.42. The van der Waals surface area contributed by atoms with E-state index in [0.29, 0.717) is 6.54 Å². The standard InChI is InChI=1S/C22H27FN4O2S/c23-18-6-8-19(9-7-18)30(28,29)25-11-1-2-13-26-14-16-27(17-15-26)22-5-3-4-21-20(22)10-12-24-21/h3-10,12,24-25H,1-2,11,13-17H2. The van der Waals surface area contributed by atoms with Crippen LogP contribution in [0.5, 0.6) is 0 Å². The number of nitrogens with one attached hydrogen (secondary N) is 2. The van der Waals surface area contributed by atoms with E-state index in [0.717, 1.165) is 63.2 Å². The minimum absolute atomic E-state index is 0.0949. The van der Waals surface area contributed by atoms with Crippen molar-refractivity contribution in [1.82, 2.24) is 14.6 Å². The summed E-state index contributed by atoms with van der Waals surface area (Å²) in [5, 5.41) is 1.26. The predicted octanol–water partition coefficient (Wildman–Crippen LogP) is 3.19. The molecule has 0 saturated carbocycles. The zero-order chi connectivity index (χ0) is 21.0. The molecule has 30 heavy (non-hydrogen) atoms. The average Bonchev–Trinajstić information content (AvgIpc) is 3.23. The van der Waals surface area contributed by atoms with Crippen molar-refractivity contribution in [2.75, 3.05) is 44.2 Å². The van der Waals surface area contributed by atoms with Crippen molar-refractivity contribution in [2.45, 2.75) is 17.7 Å². The van der Waals surface area contributed by atoms with Gasteiger partial charge in [0.25, 0.3) is 0 Å². The third-order valence-corrected chi connectivity index (χ3v) is 7.08. The molecule has 1 aromatic heterocycles. The fourth-order valence-corrected chi connectivity index (χ4v) is 5.00. The number of hydrogen-bond acceptors (Lipinski definition) is 4. The number of anilines is 1. The molecule has 0 radical (unpaired) electrons. The quantitative estimate of drug-likeness (QED) is 0.539. The van der Waals surface area contributed by atoms with Crippen LogP contribution in [0.1, 0.15) is 12.8 Å². The van der Waals surface area contributed by atoms with Crippen LogP contribution in [-0.4, -0.2) is 57.6 Å². The van der Waals surface area contributed by atoms with Gasteiger partial charge in [-0.2, -0.15) is 0 Å². The van der Waals surface area contributed by atoms with Gasteiger partial charge in [0.05, 0.1) is 4.90 Å². The van der Waals surface area contributed by atoms with Crippen LogP contribution in [0.2, 0.25) is 0 Å². The highest BCUT2D eigenvalue weighted by molar-refractivity contribution is 7.89. The number of hydrogen-bond donors (Lipinski definition) is 2. The number of halogens is 1. The maximum absolute atomic E-state index is 13.0. The number of piperazine rings is 1. The second-order valence-corrected chi connectivity index (χ2v) is 9.37. The molecule has 2 heterocycles. The lowest BCUT2D eigenvalue weighted by molar-refractivity contribution is 0.253. The van der Waals surface area contributed by atoms with Gasteiger partial charge in [0.2, 0.25) is 10.0 Å². The number of benzene rings is 2. The number of unbranched alkanes of at least 4 members (excludes halogenated alkanes) is 1. The topological polar surface area (TPSA) is 68.4 Å². The Bertz CT molecular complexity index is 1070. The third kappa shape index (κ3) is 4.83. The van der Waals surface area contributed by atoms with Crippen LogP contribution in [0.25, 0.3) is 10.9 Å². The molecule has 3 aromatic rings. The molecule has 6 nitrogen and oxygen atoms in total. The number of H-pyrrole nitrogens is 1. The molecule has 0 unspecified atom stereocenters. The highest BCUT2D eigenvalue weighted by Crippen LogP contribution is 2.26. The normalized spacial score (nSPS) is 15.7. The van der Waals surface area contributed by atoms with E-state index in [-0.39, 0.29) is 4.90 Å². The van der Waals surface area contributed by atoms with Crippen LogP contribution < -0.4 is 9.62 Å². The SMILES string of the molecule is O=S(=O)(NCCCCN1CCN(c2cccc3[nH]ccc23)CC1)c1ccc(F)cc1. The van der Waals surface area contributed by atoms with Gasteiger partial charge < -0.3 is 9.88 Å². The minimum Gasteiger partial charge on any atom is -0.368 e. The summed E-state index contributed by atoms with van der Waals surface area (Å²) in [7, 11) is -3.57. The lowest BCUT2D eigenvalue weighted by Crippen LogP contribution is -2.46. The van der Waals surface area contributed by atoms with E-state index in [4.69, 9.17) is 0 Å². The molecule has 160 valence electrons. The summed E-state index contributed by atoms with van der Waals surface area (Å²) in [6.07, 6.45) is 3.68. The summed E-state index contributed by atoms with van der Waals surface area (Å²) in [5.41, 5.74) is 2.45. The summed E-state index contributed by atoms with van der Waals surface area (Å²) < 4.78 is 40.0. The van der Waals surface area contributed by atoms with Crippen molar-refractivity contribution in [2.24, 2.45) is 0 Å². The Balaban J connectivity index is 1.18. The molecular weight excluding hydrogens is 403 g/mol. The van der Waals surface area contributed by atoms with Gasteiger partial charge in [-0.05, 0) is 61.9 Å². The number of sulfonamides is 1. The molecule has 1 aliphatic rings. The number of aromatic nitrogens is 1. The Labute approximate surface area is 176 Å². The molecule has 0 aliphatic carbocycles. The van der Waals surface area contributed by atoms with Gasteiger partial charge >= 0.3 is 0 Å². The summed E-state index contributed by atoms with van der Waals surface area (Å²) in [6.45, 7) is 5.32. The van der Waals surface area contributed by atoms with E-state index in [1.165, 1.54) is 23.2 Å². The molecule has 1 aliphatic heterocycles. The predicted molar refractivity (Wildman–Crippen MR) is 118 cm³/mol. The Morgan fingerprint density at radius 2 is 1.73 bits per heavy atom. The van der Waals surface area contributed by atoms with Crippen LogP contribution in [0.3, 0.4) is 0 Å². The van der Waals surface area contributed by atoms with E-state index in [1.54, 1.807) is 0 Å². The summed E-state index contributed by atoms with van der Waals surface area (Å²) in [6, 6.07) is 13.4. The van der Waals surface area contributed by atoms with Crippen LogP contribution >= 0.6 is 0 Å². The third-order valence-electron chi connectivity index (χ3n) is 5.60. The van der Waals surface area contributed by atoms with Crippen LogP contribution in [-0.2, 0) is 10.0 Å². The van der Waals surface area contributed by atoms with Crippen LogP contribution in [0.15, 0.2) is 59.6 Å². The van der Waals surface area contributed by atoms with Gasteiger partial charge in [-0.15, -0.1) is 0 Å². The lowest BCUT2D eigenvalue weighted by atomic mass is 10.1. The number of rotatable bonds is 8. The van der Waals surface area contributed by atoms with Gasteiger partial charge in [-0.3, -0.25) is 4.90 Å². The Morgan fingerprint density at radius 1 is 0.967 bits per heavy atom. The molecule has 1 fully saturated rings. The lowest BCUT2D eigenvalue weighted by Gasteiger charge is -2.36. The highest BCUT2D eigenvalue weighted by Gasteiger charge is 2.19. The Kier molecular flexibility index (Phi) is 6.36. The van der Waals surface area contributed by atoms with Gasteiger partial charge in [0, 0.05) is 55.5 Å². The van der Waals surface area contributed by atoms with E-state index < -0.39 is 15.8 Å². The molecule has 1 saturated heterocycles. The van der Waals surface area contributed by atoms with E-state index in [1.807, 2.05) is 6.20 Å². The zero-order valence-electron chi connectivity index (χ0n) is 16.9. The van der Waals surface area contributed by atoms with Crippen LogP contribution in [0.4, 0.5) is 10.1 Å². The van der Waals surface area contributed by atoms with Crippen molar-refractivity contribution >= 4 is 26.6 Å². The minimum atomic E-state index is -3.57. The molecular formula is C22H27FN4O2S. The van der Waals surface area contributed by atoms with E-state index in [9.17, 15) is 12.8 Å². The number of aromatic amines is 1. The van der Waals surface area contributed by atoms with Crippen molar-refractivity contribution in [3.8, 4) is 0 Å². The molecule has 4 rings (SSSR count). The maximum atomic E-state index is 13.0. The first-order valence-corrected chi connectivity index (χ1v) is 11.8. The molecule has 0 amide bonds. The Morgan fingerprint density at radius 3 is 2.50 bits per heavy atom. The van der Waals surface area contributed by atoms with Crippen molar-refractivity contribution in [3.05, 3.63) is 60.5 Å². The molecule has 0 bridgehead atoms. The highest BCUT2D eigenvalue weighted by atomic mass is 32.2. The molecule has 8 heteroatoms. The van der Waals surface area contributed by atoms with Crippen LogP contribution in [0, 0.1) is 5.82 Å². The number of nitrogens with zero attached hydrogens (tertiary/aromatic N) is 2. The van der Waals surface area contributed by atoms with Gasteiger partial charge in [-0.25, -0.2) is 17.5 Å². The fraction of sp³-hybridized carbons (Fsp3) is 0.364. The molecule has 2 N–H and O–H groups in total. The van der Waals surface area contributed by atoms with Crippen molar-refractivity contribution in [1.29, 1.82) is 0 Å². The van der Waals surface area contributed by atoms with Gasteiger partial charge in [-0.1, -0.05) is 6.07 Å². The monoisotopic (exact) mass is 430 g/mol. The molecule has 2 aromatic carbocycles. The average molecular weight is 431 g/mol. The fourth-order valence-electron chi connectivity index (χ4n) is 3.92. The first-order valence-electron chi connectivity index (χ1n) is 10.3. The van der Waals surface area contributed by atoms with E-state index in [2.05, 4.69) is 43.8 Å². The largest absolute Gasteiger partial charge is 0.368 e. The first-order chi connectivity index (χ1) is 14.5. The number of fused-ring (bicyclic) bond motifs is 1. The van der Waals surface area contributed by atoms with Gasteiger partial charge in [0.1, 0.15) is 5.82 Å². The summed E-state index contributed by atoms with van der Waals surface area (Å²) >= 11 is 0. The molecule has 0 spiro atoms. The summed E-state index contributed by atoms with van der Waals surface area (Å²) in [4.78, 5) is 8.23. The second-order valence-electron chi connectivity index (χ2n) is 7.60. The van der Waals surface area contributed by atoms with Gasteiger partial charge in [0.15, 0.2) is 0 Å². The van der Waals surface area contributed by atoms with Crippen molar-refractivity contribution < 1.29 is 12.8 Å². The second kappa shape index (κ2) is 9.16. The van der Waals surface area contributed by atoms with Crippen molar-refractivity contribution in [3.63, 3.8) is 0 Å². The zero-order valence-corrected chi connectivity index (χ0v) is 17.7. The maximum Gasteiger partial charge on any atom is 0.240 e. The summed E-state index contributed by atoms with van der Waals surface area (Å²) in [5.74, 6) is -0.446.